The van der Waals surface area contributed by atoms with Gasteiger partial charge in [-0.15, -0.1) is 11.8 Å². The number of rotatable bonds is 4. The molecule has 6 heteroatoms. The Bertz CT molecular complexity index is 1130. The molecule has 1 unspecified atom stereocenters. The predicted octanol–water partition coefficient (Wildman–Crippen LogP) is 3.67. The van der Waals surface area contributed by atoms with Crippen LogP contribution in [0.1, 0.15) is 38.9 Å². The van der Waals surface area contributed by atoms with Crippen LogP contribution in [-0.2, 0) is 0 Å². The van der Waals surface area contributed by atoms with Crippen LogP contribution in [0.4, 0.5) is 0 Å². The van der Waals surface area contributed by atoms with Crippen molar-refractivity contribution in [3.8, 4) is 0 Å². The van der Waals surface area contributed by atoms with Crippen LogP contribution < -0.4 is 5.43 Å². The van der Waals surface area contributed by atoms with Crippen LogP contribution in [0, 0.1) is 13.8 Å². The molecular formula is C22H21NO4S. The Balaban J connectivity index is 2.00. The van der Waals surface area contributed by atoms with E-state index in [4.69, 9.17) is 4.42 Å². The molecule has 4 rings (SSSR count). The molecule has 0 radical (unpaired) electrons. The monoisotopic (exact) mass is 395 g/mol. The van der Waals surface area contributed by atoms with Crippen LogP contribution in [-0.4, -0.2) is 35.3 Å². The SMILES string of the molecule is CSc1ccc(C2c3c(oc4c(C)cc(C)cc4c3=O)C(=O)N2CCO)cc1. The van der Waals surface area contributed by atoms with Gasteiger partial charge in [-0.3, -0.25) is 9.59 Å². The summed E-state index contributed by atoms with van der Waals surface area (Å²) in [5, 5.41) is 9.99. The highest BCUT2D eigenvalue weighted by Gasteiger charge is 2.42. The number of nitrogens with zero attached hydrogens (tertiary/aromatic N) is 1. The number of benzene rings is 2. The van der Waals surface area contributed by atoms with Gasteiger partial charge >= 0.3 is 0 Å². The van der Waals surface area contributed by atoms with Gasteiger partial charge in [0.2, 0.25) is 5.76 Å². The van der Waals surface area contributed by atoms with Crippen molar-refractivity contribution in [2.75, 3.05) is 19.4 Å². The lowest BCUT2D eigenvalue weighted by Gasteiger charge is -2.24. The second-order valence-corrected chi connectivity index (χ2v) is 7.91. The molecule has 0 saturated heterocycles. The molecule has 0 spiro atoms. The van der Waals surface area contributed by atoms with E-state index in [1.807, 2.05) is 56.5 Å². The minimum atomic E-state index is -0.563. The van der Waals surface area contributed by atoms with E-state index in [0.717, 1.165) is 21.6 Å². The summed E-state index contributed by atoms with van der Waals surface area (Å²) in [6, 6.07) is 11.0. The van der Waals surface area contributed by atoms with Crippen molar-refractivity contribution in [3.63, 3.8) is 0 Å². The summed E-state index contributed by atoms with van der Waals surface area (Å²) in [6.45, 7) is 3.74. The second-order valence-electron chi connectivity index (χ2n) is 7.03. The molecule has 1 aromatic heterocycles. The zero-order valence-corrected chi connectivity index (χ0v) is 16.8. The number of carbonyl (C=O) groups is 1. The van der Waals surface area contributed by atoms with Gasteiger partial charge in [0.05, 0.1) is 23.6 Å². The summed E-state index contributed by atoms with van der Waals surface area (Å²) in [4.78, 5) is 29.1. The summed E-state index contributed by atoms with van der Waals surface area (Å²) in [5.74, 6) is -0.279. The Morgan fingerprint density at radius 3 is 2.50 bits per heavy atom. The van der Waals surface area contributed by atoms with Crippen molar-refractivity contribution in [3.05, 3.63) is 74.6 Å². The van der Waals surface area contributed by atoms with Crippen molar-refractivity contribution in [2.45, 2.75) is 24.8 Å². The maximum Gasteiger partial charge on any atom is 0.290 e. The van der Waals surface area contributed by atoms with E-state index in [0.29, 0.717) is 16.5 Å². The molecule has 1 atom stereocenters. The molecule has 3 aromatic rings. The minimum Gasteiger partial charge on any atom is -0.450 e. The number of thioether (sulfide) groups is 1. The maximum atomic E-state index is 13.4. The van der Waals surface area contributed by atoms with Crippen LogP contribution in [0.5, 0.6) is 0 Å². The first-order chi connectivity index (χ1) is 13.5. The van der Waals surface area contributed by atoms with Gasteiger partial charge in [-0.25, -0.2) is 0 Å². The first-order valence-corrected chi connectivity index (χ1v) is 10.3. The molecule has 2 heterocycles. The van der Waals surface area contributed by atoms with Gasteiger partial charge in [0, 0.05) is 11.4 Å². The van der Waals surface area contributed by atoms with Crippen LogP contribution in [0.2, 0.25) is 0 Å². The van der Waals surface area contributed by atoms with E-state index < -0.39 is 6.04 Å². The topological polar surface area (TPSA) is 70.8 Å². The first kappa shape index (κ1) is 18.8. The summed E-state index contributed by atoms with van der Waals surface area (Å²) in [6.07, 6.45) is 1.99. The Labute approximate surface area is 167 Å². The average molecular weight is 395 g/mol. The van der Waals surface area contributed by atoms with Crippen molar-refractivity contribution in [2.24, 2.45) is 0 Å². The molecule has 0 aliphatic carbocycles. The molecule has 0 saturated carbocycles. The normalized spacial score (nSPS) is 16.1. The number of aryl methyl sites for hydroxylation is 2. The second kappa shape index (κ2) is 7.11. The molecular weight excluding hydrogens is 374 g/mol. The third-order valence-corrected chi connectivity index (χ3v) is 5.91. The van der Waals surface area contributed by atoms with Crippen LogP contribution in [0.3, 0.4) is 0 Å². The average Bonchev–Trinajstić information content (AvgIpc) is 2.96. The fourth-order valence-electron chi connectivity index (χ4n) is 3.95. The molecule has 0 fully saturated rings. The molecule has 0 bridgehead atoms. The maximum absolute atomic E-state index is 13.4. The predicted molar refractivity (Wildman–Crippen MR) is 110 cm³/mol. The highest BCUT2D eigenvalue weighted by Crippen LogP contribution is 2.38. The number of hydrogen-bond acceptors (Lipinski definition) is 5. The lowest BCUT2D eigenvalue weighted by molar-refractivity contribution is 0.0691. The molecule has 28 heavy (non-hydrogen) atoms. The van der Waals surface area contributed by atoms with E-state index in [2.05, 4.69) is 0 Å². The van der Waals surface area contributed by atoms with Gasteiger partial charge in [-0.2, -0.15) is 0 Å². The van der Waals surface area contributed by atoms with Gasteiger partial charge in [-0.1, -0.05) is 18.2 Å². The van der Waals surface area contributed by atoms with Gasteiger partial charge in [0.15, 0.2) is 5.43 Å². The van der Waals surface area contributed by atoms with Crippen molar-refractivity contribution >= 4 is 28.6 Å². The number of hydrogen-bond donors (Lipinski definition) is 1. The molecule has 1 aliphatic rings. The van der Waals surface area contributed by atoms with Crippen LogP contribution >= 0.6 is 11.8 Å². The minimum absolute atomic E-state index is 0.0804. The van der Waals surface area contributed by atoms with E-state index in [1.54, 1.807) is 11.8 Å². The molecule has 5 nitrogen and oxygen atoms in total. The Kier molecular flexibility index (Phi) is 4.77. The Morgan fingerprint density at radius 1 is 1.14 bits per heavy atom. The van der Waals surface area contributed by atoms with Crippen molar-refractivity contribution in [1.82, 2.24) is 4.90 Å². The van der Waals surface area contributed by atoms with Gasteiger partial charge in [0.1, 0.15) is 5.58 Å². The molecule has 1 amide bonds. The zero-order chi connectivity index (χ0) is 20.0. The summed E-state index contributed by atoms with van der Waals surface area (Å²) >= 11 is 1.62. The lowest BCUT2D eigenvalue weighted by atomic mass is 9.97. The molecule has 2 aromatic carbocycles. The standard InChI is InChI=1S/C22H21NO4S/c1-12-10-13(2)20-16(11-12)19(25)17-18(14-4-6-15(28-3)7-5-14)23(8-9-24)22(26)21(17)27-20/h4-7,10-11,18,24H,8-9H2,1-3H3. The van der Waals surface area contributed by atoms with Crippen LogP contribution in [0.15, 0.2) is 50.5 Å². The molecule has 1 aliphatic heterocycles. The number of carbonyl (C=O) groups excluding carboxylic acids is 1. The van der Waals surface area contributed by atoms with Gasteiger partial charge in [0.25, 0.3) is 5.91 Å². The highest BCUT2D eigenvalue weighted by molar-refractivity contribution is 7.98. The number of fused-ring (bicyclic) bond motifs is 2. The number of aliphatic hydroxyl groups is 1. The largest absolute Gasteiger partial charge is 0.450 e. The quantitative estimate of drug-likeness (QED) is 0.683. The summed E-state index contributed by atoms with van der Waals surface area (Å²) < 4.78 is 5.98. The van der Waals surface area contributed by atoms with E-state index >= 15 is 0 Å². The summed E-state index contributed by atoms with van der Waals surface area (Å²) in [7, 11) is 0. The van der Waals surface area contributed by atoms with Crippen molar-refractivity contribution < 1.29 is 14.3 Å². The van der Waals surface area contributed by atoms with E-state index in [1.165, 1.54) is 4.90 Å². The number of aliphatic hydroxyl groups excluding tert-OH is 1. The fraction of sp³-hybridized carbons (Fsp3) is 0.273. The highest BCUT2D eigenvalue weighted by atomic mass is 32.2. The summed E-state index contributed by atoms with van der Waals surface area (Å²) in [5.41, 5.74) is 3.24. The van der Waals surface area contributed by atoms with Gasteiger partial charge in [-0.05, 0) is 55.0 Å². The Morgan fingerprint density at radius 2 is 1.86 bits per heavy atom. The van der Waals surface area contributed by atoms with E-state index in [9.17, 15) is 14.7 Å². The number of amides is 1. The third kappa shape index (κ3) is 2.84. The van der Waals surface area contributed by atoms with Gasteiger partial charge < -0.3 is 14.4 Å². The fourth-order valence-corrected chi connectivity index (χ4v) is 4.35. The van der Waals surface area contributed by atoms with Crippen LogP contribution in [0.25, 0.3) is 11.0 Å². The zero-order valence-electron chi connectivity index (χ0n) is 16.0. The molecule has 1 N–H and O–H groups in total. The third-order valence-electron chi connectivity index (χ3n) is 5.17. The smallest absolute Gasteiger partial charge is 0.290 e. The number of β-amino-alcohol motifs (C(OH)–C–C–N with tert-alkyl or cyclic N) is 1. The van der Waals surface area contributed by atoms with Crippen molar-refractivity contribution in [1.29, 1.82) is 0 Å². The lowest BCUT2D eigenvalue weighted by Crippen LogP contribution is -2.32. The molecule has 144 valence electrons. The first-order valence-electron chi connectivity index (χ1n) is 9.10. The Hall–Kier alpha value is -2.57. The van der Waals surface area contributed by atoms with E-state index in [-0.39, 0.29) is 30.2 Å².